The maximum absolute atomic E-state index is 12.8. The Labute approximate surface area is 158 Å². The molecule has 0 aromatic heterocycles. The van der Waals surface area contributed by atoms with Gasteiger partial charge in [0.2, 0.25) is 11.8 Å². The van der Waals surface area contributed by atoms with Crippen molar-refractivity contribution in [3.05, 3.63) is 71.8 Å². The van der Waals surface area contributed by atoms with Crippen LogP contribution in [-0.2, 0) is 9.59 Å². The molecule has 0 saturated heterocycles. The maximum atomic E-state index is 12.8. The quantitative estimate of drug-likeness (QED) is 0.311. The molecule has 2 amide bonds. The van der Waals surface area contributed by atoms with E-state index in [-0.39, 0.29) is 5.96 Å². The highest BCUT2D eigenvalue weighted by Gasteiger charge is 2.25. The molecule has 1 unspecified atom stereocenters. The predicted octanol–water partition coefficient (Wildman–Crippen LogP) is 0.842. The van der Waals surface area contributed by atoms with Crippen molar-refractivity contribution in [3.63, 3.8) is 0 Å². The minimum absolute atomic E-state index is 0.00300. The highest BCUT2D eigenvalue weighted by molar-refractivity contribution is 6.01. The molecule has 2 rings (SSSR count). The Morgan fingerprint density at radius 1 is 0.889 bits per heavy atom. The van der Waals surface area contributed by atoms with Gasteiger partial charge in [-0.25, -0.2) is 0 Å². The third-order valence-corrected chi connectivity index (χ3v) is 4.08. The molecule has 27 heavy (non-hydrogen) atoms. The summed E-state index contributed by atoms with van der Waals surface area (Å²) in [5, 5.41) is 2.44. The number of imide groups is 1. The second-order valence-electron chi connectivity index (χ2n) is 6.16. The van der Waals surface area contributed by atoms with E-state index in [1.165, 1.54) is 0 Å². The summed E-state index contributed by atoms with van der Waals surface area (Å²) in [7, 11) is 0. The molecule has 7 nitrogen and oxygen atoms in total. The van der Waals surface area contributed by atoms with Gasteiger partial charge < -0.3 is 17.2 Å². The Morgan fingerprint density at radius 2 is 1.41 bits per heavy atom. The number of hydrogen-bond acceptors (Lipinski definition) is 4. The topological polar surface area (TPSA) is 137 Å². The summed E-state index contributed by atoms with van der Waals surface area (Å²) < 4.78 is 0. The van der Waals surface area contributed by atoms with Gasteiger partial charge >= 0.3 is 0 Å². The molecule has 142 valence electrons. The number of nitrogens with one attached hydrogen (secondary N) is 1. The van der Waals surface area contributed by atoms with Crippen molar-refractivity contribution in [2.24, 2.45) is 22.2 Å². The van der Waals surface area contributed by atoms with Crippen LogP contribution in [0.3, 0.4) is 0 Å². The van der Waals surface area contributed by atoms with E-state index in [0.29, 0.717) is 19.4 Å². The first-order valence-electron chi connectivity index (χ1n) is 8.74. The zero-order valence-electron chi connectivity index (χ0n) is 15.0. The minimum Gasteiger partial charge on any atom is -0.370 e. The van der Waals surface area contributed by atoms with Crippen LogP contribution in [0, 0.1) is 0 Å². The van der Waals surface area contributed by atoms with E-state index in [2.05, 4.69) is 10.3 Å². The fourth-order valence-corrected chi connectivity index (χ4v) is 2.72. The van der Waals surface area contributed by atoms with Crippen LogP contribution < -0.4 is 22.5 Å². The smallest absolute Gasteiger partial charge is 0.243 e. The molecule has 0 bridgehead atoms. The largest absolute Gasteiger partial charge is 0.370 e. The fraction of sp³-hybridized carbons (Fsp3) is 0.250. The zero-order chi connectivity index (χ0) is 19.6. The van der Waals surface area contributed by atoms with Gasteiger partial charge in [0.25, 0.3) is 0 Å². The van der Waals surface area contributed by atoms with Gasteiger partial charge in [-0.15, -0.1) is 0 Å². The molecule has 2 aromatic carbocycles. The normalized spacial score (nSPS) is 11.6. The lowest BCUT2D eigenvalue weighted by Crippen LogP contribution is -2.45. The molecule has 0 fully saturated rings. The molecule has 7 N–H and O–H groups in total. The number of carbonyl (C=O) groups excluding carboxylic acids is 2. The van der Waals surface area contributed by atoms with Crippen molar-refractivity contribution in [2.45, 2.75) is 24.8 Å². The van der Waals surface area contributed by atoms with E-state index < -0.39 is 23.8 Å². The second-order valence-corrected chi connectivity index (χ2v) is 6.16. The molecule has 7 heteroatoms. The van der Waals surface area contributed by atoms with Crippen molar-refractivity contribution >= 4 is 17.8 Å². The maximum Gasteiger partial charge on any atom is 0.243 e. The third kappa shape index (κ3) is 6.23. The van der Waals surface area contributed by atoms with Gasteiger partial charge in [-0.2, -0.15) is 0 Å². The number of carbonyl (C=O) groups is 2. The van der Waals surface area contributed by atoms with Crippen LogP contribution in [0.25, 0.3) is 0 Å². The van der Waals surface area contributed by atoms with Gasteiger partial charge in [-0.05, 0) is 24.0 Å². The van der Waals surface area contributed by atoms with E-state index in [0.717, 1.165) is 11.1 Å². The average Bonchev–Trinajstić information content (AvgIpc) is 2.66. The molecule has 0 aliphatic rings. The summed E-state index contributed by atoms with van der Waals surface area (Å²) in [6.45, 7) is 0.383. The first kappa shape index (κ1) is 20.1. The standard InChI is InChI=1S/C20H25N5O2/c21-16(12-7-13-24-20(22)23)18(26)25-19(27)17(14-8-3-1-4-9-14)15-10-5-2-6-11-15/h1-6,8-11,16-17H,7,12-13,21H2,(H4,22,23,24)(H,25,26,27). The first-order chi connectivity index (χ1) is 13.0. The molecular formula is C20H25N5O2. The van der Waals surface area contributed by atoms with E-state index >= 15 is 0 Å². The van der Waals surface area contributed by atoms with Gasteiger partial charge in [0.05, 0.1) is 12.0 Å². The molecule has 0 aliphatic heterocycles. The van der Waals surface area contributed by atoms with Crippen LogP contribution in [0.15, 0.2) is 65.7 Å². The molecule has 0 heterocycles. The number of benzene rings is 2. The lowest BCUT2D eigenvalue weighted by atomic mass is 9.90. The summed E-state index contributed by atoms with van der Waals surface area (Å²) >= 11 is 0. The zero-order valence-corrected chi connectivity index (χ0v) is 15.0. The van der Waals surface area contributed by atoms with Gasteiger partial charge in [-0.1, -0.05) is 60.7 Å². The second kappa shape index (κ2) is 10.1. The molecule has 2 aromatic rings. The summed E-state index contributed by atoms with van der Waals surface area (Å²) in [4.78, 5) is 29.0. The van der Waals surface area contributed by atoms with Crippen LogP contribution in [0.4, 0.5) is 0 Å². The fourth-order valence-electron chi connectivity index (χ4n) is 2.72. The number of hydrogen-bond donors (Lipinski definition) is 4. The predicted molar refractivity (Wildman–Crippen MR) is 106 cm³/mol. The lowest BCUT2D eigenvalue weighted by molar-refractivity contribution is -0.131. The number of aliphatic imine (C=N–C) groups is 1. The highest BCUT2D eigenvalue weighted by Crippen LogP contribution is 2.24. The van der Waals surface area contributed by atoms with Crippen LogP contribution in [0.1, 0.15) is 29.9 Å². The molecule has 0 saturated carbocycles. The van der Waals surface area contributed by atoms with Gasteiger partial charge in [0.1, 0.15) is 0 Å². The van der Waals surface area contributed by atoms with E-state index in [1.807, 2.05) is 60.7 Å². The van der Waals surface area contributed by atoms with E-state index in [1.54, 1.807) is 0 Å². The molecule has 0 radical (unpaired) electrons. The van der Waals surface area contributed by atoms with Crippen LogP contribution in [0.5, 0.6) is 0 Å². The number of nitrogens with zero attached hydrogens (tertiary/aromatic N) is 1. The van der Waals surface area contributed by atoms with Gasteiger partial charge in [0.15, 0.2) is 5.96 Å². The number of nitrogens with two attached hydrogens (primary N) is 3. The van der Waals surface area contributed by atoms with Crippen LogP contribution >= 0.6 is 0 Å². The third-order valence-electron chi connectivity index (χ3n) is 4.08. The molecular weight excluding hydrogens is 342 g/mol. The summed E-state index contributed by atoms with van der Waals surface area (Å²) in [5.41, 5.74) is 18.0. The van der Waals surface area contributed by atoms with Crippen molar-refractivity contribution < 1.29 is 9.59 Å². The van der Waals surface area contributed by atoms with E-state index in [4.69, 9.17) is 17.2 Å². The number of rotatable bonds is 8. The van der Waals surface area contributed by atoms with Gasteiger partial charge in [0, 0.05) is 6.54 Å². The summed E-state index contributed by atoms with van der Waals surface area (Å²) in [6, 6.07) is 17.8. The van der Waals surface area contributed by atoms with Crippen LogP contribution in [-0.4, -0.2) is 30.4 Å². The number of amides is 2. The Bertz CT molecular complexity index is 734. The Balaban J connectivity index is 2.05. The van der Waals surface area contributed by atoms with Crippen molar-refractivity contribution in [1.82, 2.24) is 5.32 Å². The van der Waals surface area contributed by atoms with Crippen LogP contribution in [0.2, 0.25) is 0 Å². The molecule has 0 spiro atoms. The Morgan fingerprint density at radius 3 is 1.89 bits per heavy atom. The monoisotopic (exact) mass is 367 g/mol. The lowest BCUT2D eigenvalue weighted by Gasteiger charge is -2.19. The average molecular weight is 367 g/mol. The minimum atomic E-state index is -0.810. The van der Waals surface area contributed by atoms with Crippen molar-refractivity contribution in [3.8, 4) is 0 Å². The SMILES string of the molecule is NC(N)=NCCCC(N)C(=O)NC(=O)C(c1ccccc1)c1ccccc1. The van der Waals surface area contributed by atoms with Crippen molar-refractivity contribution in [1.29, 1.82) is 0 Å². The summed E-state index contributed by atoms with van der Waals surface area (Å²) in [5.74, 6) is -1.51. The number of guanidine groups is 1. The Hall–Kier alpha value is -3.19. The highest BCUT2D eigenvalue weighted by atomic mass is 16.2. The molecule has 1 atom stereocenters. The molecule has 0 aliphatic carbocycles. The van der Waals surface area contributed by atoms with Crippen molar-refractivity contribution in [2.75, 3.05) is 6.54 Å². The summed E-state index contributed by atoms with van der Waals surface area (Å²) in [6.07, 6.45) is 0.915. The van der Waals surface area contributed by atoms with Gasteiger partial charge in [-0.3, -0.25) is 19.9 Å². The first-order valence-corrected chi connectivity index (χ1v) is 8.74. The Kier molecular flexibility index (Phi) is 7.51. The van der Waals surface area contributed by atoms with E-state index in [9.17, 15) is 9.59 Å².